The highest BCUT2D eigenvalue weighted by Crippen LogP contribution is 2.31. The fourth-order valence-electron chi connectivity index (χ4n) is 3.03. The van der Waals surface area contributed by atoms with Gasteiger partial charge in [-0.25, -0.2) is 0 Å². The molecule has 4 heteroatoms. The lowest BCUT2D eigenvalue weighted by Gasteiger charge is -2.39. The molecule has 0 atom stereocenters. The summed E-state index contributed by atoms with van der Waals surface area (Å²) in [5.41, 5.74) is 0.258. The van der Waals surface area contributed by atoms with E-state index in [-0.39, 0.29) is 5.54 Å². The van der Waals surface area contributed by atoms with Crippen LogP contribution in [-0.4, -0.2) is 75.0 Å². The smallest absolute Gasteiger partial charge is 0.195 e. The Morgan fingerprint density at radius 2 is 1.32 bits per heavy atom. The van der Waals surface area contributed by atoms with Crippen molar-refractivity contribution in [3.63, 3.8) is 0 Å². The van der Waals surface area contributed by atoms with Gasteiger partial charge in [-0.05, 0) is 26.9 Å². The minimum Gasteiger partial charge on any atom is -0.349 e. The van der Waals surface area contributed by atoms with Crippen molar-refractivity contribution in [2.24, 2.45) is 4.99 Å². The lowest BCUT2D eigenvalue weighted by Crippen LogP contribution is -2.47. The Hall–Kier alpha value is -0.770. The van der Waals surface area contributed by atoms with Gasteiger partial charge in [0.1, 0.15) is 0 Å². The maximum atomic E-state index is 4.91. The molecule has 112 valence electrons. The molecule has 0 saturated heterocycles. The van der Waals surface area contributed by atoms with Gasteiger partial charge in [0, 0.05) is 33.7 Å². The third kappa shape index (κ3) is 4.37. The fourth-order valence-corrected chi connectivity index (χ4v) is 3.03. The fraction of sp³-hybridized carbons (Fsp3) is 0.933. The molecule has 4 nitrogen and oxygen atoms in total. The number of hydrogen-bond donors (Lipinski definition) is 0. The van der Waals surface area contributed by atoms with Crippen LogP contribution in [-0.2, 0) is 0 Å². The Morgan fingerprint density at radius 3 is 1.68 bits per heavy atom. The van der Waals surface area contributed by atoms with Gasteiger partial charge < -0.3 is 14.7 Å². The van der Waals surface area contributed by atoms with Gasteiger partial charge in [0.15, 0.2) is 5.96 Å². The largest absolute Gasteiger partial charge is 0.349 e. The number of rotatable bonds is 3. The van der Waals surface area contributed by atoms with E-state index in [0.717, 1.165) is 12.5 Å². The first-order chi connectivity index (χ1) is 8.89. The van der Waals surface area contributed by atoms with Crippen LogP contribution in [0.25, 0.3) is 0 Å². The average molecular weight is 268 g/mol. The molecular formula is C15H32N4. The highest BCUT2D eigenvalue weighted by molar-refractivity contribution is 5.79. The molecule has 0 aromatic carbocycles. The minimum atomic E-state index is 0.258. The zero-order valence-electron chi connectivity index (χ0n) is 13.7. The van der Waals surface area contributed by atoms with Gasteiger partial charge in [-0.15, -0.1) is 0 Å². The van der Waals surface area contributed by atoms with Gasteiger partial charge in [-0.2, -0.15) is 0 Å². The highest BCUT2D eigenvalue weighted by Gasteiger charge is 2.33. The molecule has 1 aliphatic carbocycles. The highest BCUT2D eigenvalue weighted by atomic mass is 15.3. The SMILES string of the molecule is CN(C)C(=NCC1(N(C)C)CCCCCC1)N(C)C. The van der Waals surface area contributed by atoms with E-state index in [2.05, 4.69) is 57.0 Å². The van der Waals surface area contributed by atoms with E-state index >= 15 is 0 Å². The van der Waals surface area contributed by atoms with Crippen LogP contribution in [0.4, 0.5) is 0 Å². The molecule has 1 saturated carbocycles. The van der Waals surface area contributed by atoms with Crippen molar-refractivity contribution in [3.8, 4) is 0 Å². The van der Waals surface area contributed by atoms with Gasteiger partial charge >= 0.3 is 0 Å². The van der Waals surface area contributed by atoms with Crippen LogP contribution in [0.2, 0.25) is 0 Å². The zero-order chi connectivity index (χ0) is 14.5. The quantitative estimate of drug-likeness (QED) is 0.445. The molecule has 0 heterocycles. The van der Waals surface area contributed by atoms with Crippen molar-refractivity contribution < 1.29 is 0 Å². The lowest BCUT2D eigenvalue weighted by molar-refractivity contribution is 0.138. The molecule has 0 unspecified atom stereocenters. The Labute approximate surface area is 119 Å². The summed E-state index contributed by atoms with van der Waals surface area (Å²) in [7, 11) is 12.7. The summed E-state index contributed by atoms with van der Waals surface area (Å²) in [5.74, 6) is 1.06. The molecule has 1 fully saturated rings. The van der Waals surface area contributed by atoms with Gasteiger partial charge in [0.2, 0.25) is 0 Å². The molecule has 0 spiro atoms. The van der Waals surface area contributed by atoms with E-state index in [9.17, 15) is 0 Å². The third-order valence-corrected chi connectivity index (χ3v) is 4.30. The number of hydrogen-bond acceptors (Lipinski definition) is 2. The normalized spacial score (nSPS) is 18.9. The van der Waals surface area contributed by atoms with Crippen LogP contribution < -0.4 is 0 Å². The van der Waals surface area contributed by atoms with Crippen LogP contribution >= 0.6 is 0 Å². The molecule has 1 aliphatic rings. The molecule has 19 heavy (non-hydrogen) atoms. The standard InChI is InChI=1S/C15H32N4/c1-17(2)14(18(3)4)16-13-15(19(5)6)11-9-7-8-10-12-15/h7-13H2,1-6H3. The second kappa shape index (κ2) is 7.13. The Morgan fingerprint density at radius 1 is 0.842 bits per heavy atom. The zero-order valence-corrected chi connectivity index (χ0v) is 13.7. The first kappa shape index (κ1) is 16.3. The predicted octanol–water partition coefficient (Wildman–Crippen LogP) is 2.12. The van der Waals surface area contributed by atoms with E-state index in [4.69, 9.17) is 4.99 Å². The molecule has 0 amide bonds. The number of guanidine groups is 1. The summed E-state index contributed by atoms with van der Waals surface area (Å²) < 4.78 is 0. The molecular weight excluding hydrogens is 236 g/mol. The van der Waals surface area contributed by atoms with Gasteiger partial charge in [-0.1, -0.05) is 25.7 Å². The molecule has 0 radical (unpaired) electrons. The monoisotopic (exact) mass is 268 g/mol. The summed E-state index contributed by atoms with van der Waals surface area (Å²) >= 11 is 0. The van der Waals surface area contributed by atoms with Crippen LogP contribution in [0.1, 0.15) is 38.5 Å². The van der Waals surface area contributed by atoms with Crippen LogP contribution in [0.5, 0.6) is 0 Å². The molecule has 0 aromatic rings. The van der Waals surface area contributed by atoms with Crippen LogP contribution in [0, 0.1) is 0 Å². The van der Waals surface area contributed by atoms with Crippen LogP contribution in [0.15, 0.2) is 4.99 Å². The van der Waals surface area contributed by atoms with Gasteiger partial charge in [-0.3, -0.25) is 4.99 Å². The van der Waals surface area contributed by atoms with E-state index in [1.165, 1.54) is 38.5 Å². The third-order valence-electron chi connectivity index (χ3n) is 4.30. The van der Waals surface area contributed by atoms with Crippen molar-refractivity contribution in [1.82, 2.24) is 14.7 Å². The average Bonchev–Trinajstić information content (AvgIpc) is 2.54. The predicted molar refractivity (Wildman–Crippen MR) is 83.8 cm³/mol. The second-order valence-electron chi connectivity index (χ2n) is 6.44. The first-order valence-electron chi connectivity index (χ1n) is 7.45. The molecule has 1 rings (SSSR count). The van der Waals surface area contributed by atoms with E-state index in [0.29, 0.717) is 0 Å². The maximum Gasteiger partial charge on any atom is 0.195 e. The number of aliphatic imine (C=N–C) groups is 1. The minimum absolute atomic E-state index is 0.258. The Kier molecular flexibility index (Phi) is 6.11. The van der Waals surface area contributed by atoms with Crippen molar-refractivity contribution in [2.45, 2.75) is 44.1 Å². The van der Waals surface area contributed by atoms with Crippen molar-refractivity contribution in [2.75, 3.05) is 48.8 Å². The van der Waals surface area contributed by atoms with Gasteiger partial charge in [0.05, 0.1) is 6.54 Å². The molecule has 0 aromatic heterocycles. The summed E-state index contributed by atoms with van der Waals surface area (Å²) in [4.78, 5) is 11.5. The topological polar surface area (TPSA) is 22.1 Å². The summed E-state index contributed by atoms with van der Waals surface area (Å²) in [6.45, 7) is 0.908. The van der Waals surface area contributed by atoms with Crippen molar-refractivity contribution in [1.29, 1.82) is 0 Å². The summed E-state index contributed by atoms with van der Waals surface area (Å²) in [6.07, 6.45) is 8.00. The first-order valence-corrected chi connectivity index (χ1v) is 7.45. The number of likely N-dealkylation sites (N-methyl/N-ethyl adjacent to an activating group) is 1. The number of nitrogens with zero attached hydrogens (tertiary/aromatic N) is 4. The van der Waals surface area contributed by atoms with Gasteiger partial charge in [0.25, 0.3) is 0 Å². The maximum absolute atomic E-state index is 4.91. The van der Waals surface area contributed by atoms with E-state index < -0.39 is 0 Å². The molecule has 0 N–H and O–H groups in total. The van der Waals surface area contributed by atoms with Crippen molar-refractivity contribution in [3.05, 3.63) is 0 Å². The summed E-state index contributed by atoms with van der Waals surface area (Å²) in [6, 6.07) is 0. The Balaban J connectivity index is 2.85. The second-order valence-corrected chi connectivity index (χ2v) is 6.44. The van der Waals surface area contributed by atoms with E-state index in [1.54, 1.807) is 0 Å². The molecule has 0 aliphatic heterocycles. The summed E-state index contributed by atoms with van der Waals surface area (Å²) in [5, 5.41) is 0. The molecule has 0 bridgehead atoms. The Bertz CT molecular complexity index is 277. The van der Waals surface area contributed by atoms with E-state index in [1.807, 2.05) is 0 Å². The van der Waals surface area contributed by atoms with Crippen molar-refractivity contribution >= 4 is 5.96 Å². The van der Waals surface area contributed by atoms with Crippen LogP contribution in [0.3, 0.4) is 0 Å². The lowest BCUT2D eigenvalue weighted by atomic mass is 9.89.